The highest BCUT2D eigenvalue weighted by Gasteiger charge is 2.23. The predicted molar refractivity (Wildman–Crippen MR) is 67.9 cm³/mol. The van der Waals surface area contributed by atoms with Gasteiger partial charge in [-0.05, 0) is 18.2 Å². The number of aromatic amines is 2. The lowest BCUT2D eigenvalue weighted by atomic mass is 10.1. The van der Waals surface area contributed by atoms with Gasteiger partial charge in [0.05, 0.1) is 34.8 Å². The molecule has 4 rings (SSSR count). The van der Waals surface area contributed by atoms with Gasteiger partial charge in [-0.15, -0.1) is 0 Å². The first kappa shape index (κ1) is 10.7. The van der Waals surface area contributed by atoms with E-state index in [9.17, 15) is 4.39 Å². The maximum atomic E-state index is 13.2. The summed E-state index contributed by atoms with van der Waals surface area (Å²) in [6, 6.07) is 4.67. The van der Waals surface area contributed by atoms with E-state index in [2.05, 4.69) is 25.3 Å². The van der Waals surface area contributed by atoms with Crippen molar-refractivity contribution in [3.63, 3.8) is 0 Å². The summed E-state index contributed by atoms with van der Waals surface area (Å²) in [6.45, 7) is 0.741. The number of rotatable bonds is 1. The minimum atomic E-state index is -0.256. The molecule has 6 heteroatoms. The highest BCUT2D eigenvalue weighted by molar-refractivity contribution is 5.75. The zero-order valence-electron chi connectivity index (χ0n) is 10.1. The summed E-state index contributed by atoms with van der Waals surface area (Å²) in [5.41, 5.74) is 3.70. The maximum Gasteiger partial charge on any atom is 0.125 e. The number of benzene rings is 1. The molecule has 19 heavy (non-hydrogen) atoms. The molecule has 1 aromatic carbocycles. The van der Waals surface area contributed by atoms with E-state index in [-0.39, 0.29) is 11.9 Å². The van der Waals surface area contributed by atoms with Crippen LogP contribution in [0.1, 0.15) is 23.3 Å². The van der Waals surface area contributed by atoms with Crippen LogP contribution in [0.2, 0.25) is 0 Å². The van der Waals surface area contributed by atoms with Crippen LogP contribution in [0, 0.1) is 5.82 Å². The van der Waals surface area contributed by atoms with E-state index in [4.69, 9.17) is 0 Å². The Labute approximate surface area is 108 Å². The van der Waals surface area contributed by atoms with Crippen molar-refractivity contribution in [2.75, 3.05) is 0 Å². The third kappa shape index (κ3) is 1.72. The molecule has 0 aliphatic carbocycles. The van der Waals surface area contributed by atoms with Crippen LogP contribution in [0.25, 0.3) is 11.0 Å². The number of nitrogens with one attached hydrogen (secondary N) is 3. The number of hydrogen-bond acceptors (Lipinski definition) is 3. The molecule has 0 saturated heterocycles. The second kappa shape index (κ2) is 3.89. The summed E-state index contributed by atoms with van der Waals surface area (Å²) in [5, 5.41) is 3.39. The van der Waals surface area contributed by atoms with E-state index in [1.807, 2.05) is 0 Å². The van der Waals surface area contributed by atoms with E-state index in [1.54, 1.807) is 12.4 Å². The molecule has 96 valence electrons. The Bertz CT molecular complexity index is 744. The molecule has 0 bridgehead atoms. The van der Waals surface area contributed by atoms with E-state index >= 15 is 0 Å². The van der Waals surface area contributed by atoms with Crippen molar-refractivity contribution in [3.8, 4) is 0 Å². The molecule has 1 atom stereocenters. The summed E-state index contributed by atoms with van der Waals surface area (Å²) in [5.74, 6) is 0.572. The van der Waals surface area contributed by atoms with Crippen LogP contribution in [-0.2, 0) is 13.0 Å². The molecule has 0 spiro atoms. The smallest absolute Gasteiger partial charge is 0.125 e. The van der Waals surface area contributed by atoms with Gasteiger partial charge in [0, 0.05) is 13.0 Å². The number of halogens is 1. The summed E-state index contributed by atoms with van der Waals surface area (Å²) in [4.78, 5) is 15.1. The van der Waals surface area contributed by atoms with Crippen LogP contribution in [0.15, 0.2) is 24.5 Å². The summed E-state index contributed by atoms with van der Waals surface area (Å²) >= 11 is 0. The third-order valence-electron chi connectivity index (χ3n) is 3.52. The monoisotopic (exact) mass is 257 g/mol. The number of imidazole rings is 2. The molecular formula is C13H12FN5. The topological polar surface area (TPSA) is 69.4 Å². The van der Waals surface area contributed by atoms with E-state index in [1.165, 1.54) is 12.1 Å². The zero-order chi connectivity index (χ0) is 12.8. The first-order chi connectivity index (χ1) is 9.29. The van der Waals surface area contributed by atoms with E-state index in [0.717, 1.165) is 41.2 Å². The Morgan fingerprint density at radius 3 is 3.21 bits per heavy atom. The Morgan fingerprint density at radius 2 is 2.26 bits per heavy atom. The van der Waals surface area contributed by atoms with Crippen LogP contribution < -0.4 is 5.32 Å². The van der Waals surface area contributed by atoms with E-state index in [0.29, 0.717) is 0 Å². The second-order valence-corrected chi connectivity index (χ2v) is 4.75. The maximum absolute atomic E-state index is 13.2. The van der Waals surface area contributed by atoms with Gasteiger partial charge in [0.15, 0.2) is 0 Å². The highest BCUT2D eigenvalue weighted by atomic mass is 19.1. The normalized spacial score (nSPS) is 18.7. The fourth-order valence-electron chi connectivity index (χ4n) is 2.53. The summed E-state index contributed by atoms with van der Waals surface area (Å²) in [6.07, 6.45) is 2.49. The van der Waals surface area contributed by atoms with Crippen molar-refractivity contribution in [2.24, 2.45) is 0 Å². The van der Waals surface area contributed by atoms with Crippen LogP contribution in [0.5, 0.6) is 0 Å². The quantitative estimate of drug-likeness (QED) is 0.622. The average molecular weight is 257 g/mol. The minimum absolute atomic E-state index is 0.0891. The molecule has 1 aliphatic heterocycles. The van der Waals surface area contributed by atoms with Gasteiger partial charge in [0.25, 0.3) is 0 Å². The first-order valence-electron chi connectivity index (χ1n) is 6.19. The Morgan fingerprint density at radius 1 is 1.32 bits per heavy atom. The van der Waals surface area contributed by atoms with Gasteiger partial charge in [-0.25, -0.2) is 14.4 Å². The Kier molecular flexibility index (Phi) is 2.19. The molecule has 5 nitrogen and oxygen atoms in total. The standard InChI is InChI=1S/C13H12FN5/c14-7-1-2-8-10(3-7)19-13(18-8)11-4-9-12(5-15-11)17-6-16-9/h1-3,6,11,15H,4-5H2,(H,16,17)(H,18,19). The zero-order valence-corrected chi connectivity index (χ0v) is 10.1. The SMILES string of the molecule is Fc1ccc2nc(C3Cc4nc[nH]c4CN3)[nH]c2c1. The lowest BCUT2D eigenvalue weighted by molar-refractivity contribution is 0.472. The highest BCUT2D eigenvalue weighted by Crippen LogP contribution is 2.24. The molecule has 3 heterocycles. The molecular weight excluding hydrogens is 245 g/mol. The van der Waals surface area contributed by atoms with Crippen molar-refractivity contribution < 1.29 is 4.39 Å². The molecule has 1 aliphatic rings. The van der Waals surface area contributed by atoms with Crippen LogP contribution in [0.3, 0.4) is 0 Å². The molecule has 0 radical (unpaired) electrons. The molecule has 1 unspecified atom stereocenters. The van der Waals surface area contributed by atoms with Crippen molar-refractivity contribution in [1.29, 1.82) is 0 Å². The van der Waals surface area contributed by atoms with Gasteiger partial charge < -0.3 is 15.3 Å². The predicted octanol–water partition coefficient (Wildman–Crippen LogP) is 1.81. The second-order valence-electron chi connectivity index (χ2n) is 4.75. The van der Waals surface area contributed by atoms with Crippen LogP contribution >= 0.6 is 0 Å². The number of hydrogen-bond donors (Lipinski definition) is 3. The minimum Gasteiger partial charge on any atom is -0.347 e. The number of H-pyrrole nitrogens is 2. The molecule has 0 saturated carbocycles. The van der Waals surface area contributed by atoms with E-state index < -0.39 is 0 Å². The van der Waals surface area contributed by atoms with Gasteiger partial charge in [0.2, 0.25) is 0 Å². The largest absolute Gasteiger partial charge is 0.347 e. The molecule has 3 aromatic rings. The third-order valence-corrected chi connectivity index (χ3v) is 3.52. The van der Waals surface area contributed by atoms with Crippen molar-refractivity contribution >= 4 is 11.0 Å². The number of aromatic nitrogens is 4. The molecule has 3 N–H and O–H groups in total. The lowest BCUT2D eigenvalue weighted by Gasteiger charge is -2.20. The van der Waals surface area contributed by atoms with Gasteiger partial charge in [0.1, 0.15) is 11.6 Å². The van der Waals surface area contributed by atoms with Crippen molar-refractivity contribution in [2.45, 2.75) is 19.0 Å². The van der Waals surface area contributed by atoms with Crippen LogP contribution in [0.4, 0.5) is 4.39 Å². The van der Waals surface area contributed by atoms with Gasteiger partial charge in [-0.3, -0.25) is 0 Å². The first-order valence-corrected chi connectivity index (χ1v) is 6.19. The van der Waals surface area contributed by atoms with Crippen molar-refractivity contribution in [3.05, 3.63) is 47.6 Å². The average Bonchev–Trinajstić information content (AvgIpc) is 3.02. The number of nitrogens with zero attached hydrogens (tertiary/aromatic N) is 2. The van der Waals surface area contributed by atoms with Crippen LogP contribution in [-0.4, -0.2) is 19.9 Å². The lowest BCUT2D eigenvalue weighted by Crippen LogP contribution is -2.29. The molecule has 0 fully saturated rings. The Balaban J connectivity index is 1.71. The fraction of sp³-hybridized carbons (Fsp3) is 0.231. The van der Waals surface area contributed by atoms with Gasteiger partial charge in [-0.2, -0.15) is 0 Å². The number of fused-ring (bicyclic) bond motifs is 2. The molecule has 2 aromatic heterocycles. The van der Waals surface area contributed by atoms with Crippen molar-refractivity contribution in [1.82, 2.24) is 25.3 Å². The summed E-state index contributed by atoms with van der Waals surface area (Å²) in [7, 11) is 0. The van der Waals surface area contributed by atoms with Gasteiger partial charge >= 0.3 is 0 Å². The van der Waals surface area contributed by atoms with Gasteiger partial charge in [-0.1, -0.05) is 0 Å². The molecule has 0 amide bonds. The Hall–Kier alpha value is -2.21. The summed E-state index contributed by atoms with van der Waals surface area (Å²) < 4.78 is 13.2. The fourth-order valence-corrected chi connectivity index (χ4v) is 2.53.